The van der Waals surface area contributed by atoms with Gasteiger partial charge >= 0.3 is 11.9 Å². The molecule has 5 aliphatic rings. The van der Waals surface area contributed by atoms with E-state index < -0.39 is 11.4 Å². The fourth-order valence-corrected chi connectivity index (χ4v) is 12.1. The Hall–Kier alpha value is -0.840. The number of halogens is 1. The summed E-state index contributed by atoms with van der Waals surface area (Å²) in [5, 5.41) is 10.6. The van der Waals surface area contributed by atoms with Crippen LogP contribution in [-0.2, 0) is 14.3 Å². The first-order chi connectivity index (χ1) is 16.9. The van der Waals surface area contributed by atoms with E-state index in [1.807, 2.05) is 0 Å². The first kappa shape index (κ1) is 27.7. The van der Waals surface area contributed by atoms with Crippen molar-refractivity contribution >= 4 is 27.9 Å². The van der Waals surface area contributed by atoms with Crippen LogP contribution in [0.25, 0.3) is 0 Å². The summed E-state index contributed by atoms with van der Waals surface area (Å²) in [5.41, 5.74) is 1.24. The average Bonchev–Trinajstić information content (AvgIpc) is 2.76. The van der Waals surface area contributed by atoms with Crippen LogP contribution in [0, 0.1) is 50.2 Å². The van der Waals surface area contributed by atoms with Gasteiger partial charge in [-0.05, 0) is 114 Å². The molecule has 0 amide bonds. The second-order valence-corrected chi connectivity index (χ2v) is 16.7. The van der Waals surface area contributed by atoms with E-state index in [2.05, 4.69) is 64.4 Å². The van der Waals surface area contributed by atoms with Gasteiger partial charge in [0.15, 0.2) is 0 Å². The summed E-state index contributed by atoms with van der Waals surface area (Å²) >= 11 is 4.16. The second kappa shape index (κ2) is 8.33. The van der Waals surface area contributed by atoms with Gasteiger partial charge in [-0.1, -0.05) is 64.4 Å². The molecule has 4 fully saturated rings. The van der Waals surface area contributed by atoms with Gasteiger partial charge in [0.25, 0.3) is 0 Å². The molecule has 0 aromatic rings. The monoisotopic (exact) mass is 576 g/mol. The molecule has 4 saturated carbocycles. The molecule has 0 heterocycles. The summed E-state index contributed by atoms with van der Waals surface area (Å²) < 4.78 is 7.20. The van der Waals surface area contributed by atoms with Gasteiger partial charge < -0.3 is 9.84 Å². The zero-order valence-electron chi connectivity index (χ0n) is 24.4. The summed E-state index contributed by atoms with van der Waals surface area (Å²) in [6.07, 6.45) is 9.83. The molecule has 1 N–H and O–H groups in total. The van der Waals surface area contributed by atoms with Crippen LogP contribution < -0.4 is 0 Å². The minimum Gasteiger partial charge on any atom is -0.481 e. The number of carbonyl (C=O) groups is 2. The van der Waals surface area contributed by atoms with Gasteiger partial charge in [-0.25, -0.2) is 0 Å². The van der Waals surface area contributed by atoms with Crippen molar-refractivity contribution in [2.75, 3.05) is 0 Å². The SMILES string of the molecule is CC(=O)OC1CCC2(C)C(CCC3(C)C2CC(Br)=C2C4CC(C)(C)CCC4(C(=O)O)CCC23C)C1(C)C. The fraction of sp³-hybridized carbons (Fsp3) is 0.875. The quantitative estimate of drug-likeness (QED) is 0.334. The Kier molecular flexibility index (Phi) is 6.24. The number of carboxylic acids is 1. The van der Waals surface area contributed by atoms with E-state index in [-0.39, 0.29) is 45.1 Å². The highest BCUT2D eigenvalue weighted by molar-refractivity contribution is 9.11. The molecule has 0 radical (unpaired) electrons. The number of carboxylic acid groups (broad SMARTS) is 1. The summed E-state index contributed by atoms with van der Waals surface area (Å²) in [7, 11) is 0. The molecule has 0 aliphatic heterocycles. The van der Waals surface area contributed by atoms with Crippen molar-refractivity contribution in [3.63, 3.8) is 0 Å². The van der Waals surface area contributed by atoms with Crippen molar-refractivity contribution in [3.8, 4) is 0 Å². The first-order valence-corrected chi connectivity index (χ1v) is 15.5. The maximum atomic E-state index is 12.9. The molecule has 8 atom stereocenters. The molecular weight excluding hydrogens is 528 g/mol. The Balaban J connectivity index is 1.60. The van der Waals surface area contributed by atoms with Crippen molar-refractivity contribution in [3.05, 3.63) is 10.1 Å². The van der Waals surface area contributed by atoms with Crippen LogP contribution in [0.1, 0.15) is 120 Å². The molecule has 5 heteroatoms. The van der Waals surface area contributed by atoms with E-state index in [1.165, 1.54) is 10.1 Å². The van der Waals surface area contributed by atoms with Gasteiger partial charge in [0.2, 0.25) is 0 Å². The van der Waals surface area contributed by atoms with E-state index in [1.54, 1.807) is 6.92 Å². The largest absolute Gasteiger partial charge is 0.481 e. The lowest BCUT2D eigenvalue weighted by molar-refractivity contribution is -0.213. The summed E-state index contributed by atoms with van der Waals surface area (Å²) in [5.74, 6) is 0.394. The van der Waals surface area contributed by atoms with Crippen molar-refractivity contribution in [2.45, 2.75) is 126 Å². The van der Waals surface area contributed by atoms with Gasteiger partial charge in [0.05, 0.1) is 5.41 Å². The van der Waals surface area contributed by atoms with E-state index in [9.17, 15) is 14.7 Å². The standard InChI is InChI=1S/C32H49BrO4/c1-19(34)37-24-10-11-29(6)22(28(24,4)5)9-12-30(7)23(29)17-21(33)25-20-18-27(2,3)13-15-32(20,26(35)36)16-14-31(25,30)8/h20,22-24H,9-18H2,1-8H3,(H,35,36). The Morgan fingerprint density at radius 3 is 2.16 bits per heavy atom. The molecule has 208 valence electrons. The highest BCUT2D eigenvalue weighted by atomic mass is 79.9. The van der Waals surface area contributed by atoms with Gasteiger partial charge in [-0.3, -0.25) is 9.59 Å². The number of ether oxygens (including phenoxy) is 1. The molecule has 0 spiro atoms. The predicted molar refractivity (Wildman–Crippen MR) is 150 cm³/mol. The van der Waals surface area contributed by atoms with Crippen LogP contribution in [0.5, 0.6) is 0 Å². The number of hydrogen-bond acceptors (Lipinski definition) is 3. The van der Waals surface area contributed by atoms with Crippen LogP contribution in [0.15, 0.2) is 10.1 Å². The van der Waals surface area contributed by atoms with Crippen molar-refractivity contribution in [1.82, 2.24) is 0 Å². The lowest BCUT2D eigenvalue weighted by Crippen LogP contribution is -2.65. The van der Waals surface area contributed by atoms with Crippen molar-refractivity contribution in [1.29, 1.82) is 0 Å². The van der Waals surface area contributed by atoms with Crippen molar-refractivity contribution < 1.29 is 19.4 Å². The Morgan fingerprint density at radius 1 is 0.892 bits per heavy atom. The summed E-state index contributed by atoms with van der Waals surface area (Å²) in [4.78, 5) is 24.8. The van der Waals surface area contributed by atoms with Gasteiger partial charge in [0, 0.05) is 12.3 Å². The maximum Gasteiger partial charge on any atom is 0.310 e. The highest BCUT2D eigenvalue weighted by Crippen LogP contribution is 2.77. The fourth-order valence-electron chi connectivity index (χ4n) is 11.0. The zero-order chi connectivity index (χ0) is 27.4. The molecule has 0 aromatic carbocycles. The highest BCUT2D eigenvalue weighted by Gasteiger charge is 2.70. The third-order valence-corrected chi connectivity index (χ3v) is 14.1. The molecule has 0 bridgehead atoms. The van der Waals surface area contributed by atoms with Gasteiger partial charge in [-0.15, -0.1) is 0 Å². The predicted octanol–water partition coefficient (Wildman–Crippen LogP) is 8.53. The van der Waals surface area contributed by atoms with Crippen LogP contribution in [0.3, 0.4) is 0 Å². The minimum absolute atomic E-state index is 0.00333. The Bertz CT molecular complexity index is 1040. The number of hydrogen-bond donors (Lipinski definition) is 1. The van der Waals surface area contributed by atoms with E-state index in [0.29, 0.717) is 11.8 Å². The van der Waals surface area contributed by atoms with E-state index in [4.69, 9.17) is 4.74 Å². The van der Waals surface area contributed by atoms with E-state index in [0.717, 1.165) is 64.2 Å². The minimum atomic E-state index is -0.613. The molecule has 8 unspecified atom stereocenters. The average molecular weight is 578 g/mol. The molecule has 0 saturated heterocycles. The molecular formula is C32H49BrO4. The van der Waals surface area contributed by atoms with Gasteiger partial charge in [-0.2, -0.15) is 0 Å². The van der Waals surface area contributed by atoms with Crippen LogP contribution in [-0.4, -0.2) is 23.1 Å². The van der Waals surface area contributed by atoms with Gasteiger partial charge in [0.1, 0.15) is 6.10 Å². The molecule has 37 heavy (non-hydrogen) atoms. The number of rotatable bonds is 2. The summed E-state index contributed by atoms with van der Waals surface area (Å²) in [6.45, 7) is 18.5. The third-order valence-electron chi connectivity index (χ3n) is 13.3. The van der Waals surface area contributed by atoms with E-state index >= 15 is 0 Å². The molecule has 4 nitrogen and oxygen atoms in total. The topological polar surface area (TPSA) is 63.6 Å². The smallest absolute Gasteiger partial charge is 0.310 e. The molecule has 5 aliphatic carbocycles. The lowest BCUT2D eigenvalue weighted by atomic mass is 9.33. The summed E-state index contributed by atoms with van der Waals surface area (Å²) in [6, 6.07) is 0. The maximum absolute atomic E-state index is 12.9. The van der Waals surface area contributed by atoms with Crippen LogP contribution >= 0.6 is 15.9 Å². The molecule has 0 aromatic heterocycles. The number of aliphatic carboxylic acids is 1. The van der Waals surface area contributed by atoms with Crippen molar-refractivity contribution in [2.24, 2.45) is 50.2 Å². The number of carbonyl (C=O) groups excluding carboxylic acids is 1. The number of allylic oxidation sites excluding steroid dienone is 2. The Labute approximate surface area is 232 Å². The third kappa shape index (κ3) is 3.63. The zero-order valence-corrected chi connectivity index (χ0v) is 26.0. The number of fused-ring (bicyclic) bond motifs is 7. The molecule has 5 rings (SSSR count). The normalized spacial score (nSPS) is 48.1. The van der Waals surface area contributed by atoms with Crippen LogP contribution in [0.2, 0.25) is 0 Å². The lowest BCUT2D eigenvalue weighted by Gasteiger charge is -2.71. The number of esters is 1. The second-order valence-electron chi connectivity index (χ2n) is 15.8. The first-order valence-electron chi connectivity index (χ1n) is 14.7. The Morgan fingerprint density at radius 2 is 1.54 bits per heavy atom. The van der Waals surface area contributed by atoms with Crippen LogP contribution in [0.4, 0.5) is 0 Å².